The molecule has 2 N–H and O–H groups in total. The van der Waals surface area contributed by atoms with Gasteiger partial charge in [0, 0.05) is 0 Å². The van der Waals surface area contributed by atoms with Crippen LogP contribution in [0.2, 0.25) is 0 Å². The van der Waals surface area contributed by atoms with Gasteiger partial charge in [0.1, 0.15) is 5.54 Å². The Labute approximate surface area is 100 Å². The van der Waals surface area contributed by atoms with Crippen LogP contribution >= 0.6 is 12.2 Å². The Hall–Kier alpha value is -1.42. The second-order valence-electron chi connectivity index (χ2n) is 4.41. The summed E-state index contributed by atoms with van der Waals surface area (Å²) in [7, 11) is 0. The van der Waals surface area contributed by atoms with E-state index in [0.717, 1.165) is 16.7 Å². The van der Waals surface area contributed by atoms with E-state index in [0.29, 0.717) is 5.11 Å². The molecule has 2 rings (SSSR count). The zero-order valence-electron chi connectivity index (χ0n) is 9.55. The van der Waals surface area contributed by atoms with Crippen molar-refractivity contribution in [3.8, 4) is 0 Å². The Morgan fingerprint density at radius 1 is 1.19 bits per heavy atom. The van der Waals surface area contributed by atoms with Crippen LogP contribution in [0.15, 0.2) is 18.2 Å². The van der Waals surface area contributed by atoms with Gasteiger partial charge in [0.25, 0.3) is 5.91 Å². The highest BCUT2D eigenvalue weighted by molar-refractivity contribution is 7.80. The van der Waals surface area contributed by atoms with E-state index in [1.54, 1.807) is 0 Å². The lowest BCUT2D eigenvalue weighted by molar-refractivity contribution is -0.123. The van der Waals surface area contributed by atoms with Gasteiger partial charge in [-0.1, -0.05) is 29.3 Å². The summed E-state index contributed by atoms with van der Waals surface area (Å²) in [6.07, 6.45) is 0. The first-order valence-corrected chi connectivity index (χ1v) is 5.55. The Balaban J connectivity index is 2.51. The summed E-state index contributed by atoms with van der Waals surface area (Å²) in [5, 5.41) is 6.04. The monoisotopic (exact) mass is 234 g/mol. The molecule has 1 aromatic carbocycles. The normalized spacial score (nSPS) is 24.2. The molecule has 1 aliphatic heterocycles. The molecule has 0 aliphatic carbocycles. The van der Waals surface area contributed by atoms with Crippen molar-refractivity contribution in [2.45, 2.75) is 26.3 Å². The van der Waals surface area contributed by atoms with E-state index >= 15 is 0 Å². The summed E-state index contributed by atoms with van der Waals surface area (Å²) in [4.78, 5) is 11.9. The lowest BCUT2D eigenvalue weighted by Gasteiger charge is -2.22. The highest BCUT2D eigenvalue weighted by Crippen LogP contribution is 2.26. The average Bonchev–Trinajstić information content (AvgIpc) is 2.40. The SMILES string of the molecule is Cc1cc(C)cc(C2(C)NC(=S)NC2=O)c1. The van der Waals surface area contributed by atoms with Crippen molar-refractivity contribution in [3.05, 3.63) is 34.9 Å². The van der Waals surface area contributed by atoms with Crippen molar-refractivity contribution in [1.82, 2.24) is 10.6 Å². The summed E-state index contributed by atoms with van der Waals surface area (Å²) >= 11 is 4.97. The minimum absolute atomic E-state index is 0.0949. The van der Waals surface area contributed by atoms with Crippen molar-refractivity contribution in [2.24, 2.45) is 0 Å². The number of carbonyl (C=O) groups is 1. The lowest BCUT2D eigenvalue weighted by atomic mass is 9.90. The molecule has 0 bridgehead atoms. The largest absolute Gasteiger partial charge is 0.345 e. The molecule has 16 heavy (non-hydrogen) atoms. The van der Waals surface area contributed by atoms with Gasteiger partial charge in [-0.3, -0.25) is 4.79 Å². The molecule has 1 heterocycles. The van der Waals surface area contributed by atoms with Crippen LogP contribution < -0.4 is 10.6 Å². The molecule has 3 nitrogen and oxygen atoms in total. The van der Waals surface area contributed by atoms with E-state index in [1.165, 1.54) is 0 Å². The Morgan fingerprint density at radius 3 is 2.19 bits per heavy atom. The maximum Gasteiger partial charge on any atom is 0.256 e. The standard InChI is InChI=1S/C12H14N2OS/c1-7-4-8(2)6-9(5-7)12(3)10(15)13-11(16)14-12/h4-6H,1-3H3,(H2,13,14,15,16). The molecule has 0 saturated carbocycles. The zero-order valence-corrected chi connectivity index (χ0v) is 10.4. The van der Waals surface area contributed by atoms with Gasteiger partial charge in [-0.2, -0.15) is 0 Å². The highest BCUT2D eigenvalue weighted by Gasteiger charge is 2.41. The van der Waals surface area contributed by atoms with Gasteiger partial charge in [0.2, 0.25) is 0 Å². The number of nitrogens with one attached hydrogen (secondary N) is 2. The molecule has 0 spiro atoms. The Kier molecular flexibility index (Phi) is 2.46. The number of hydrogen-bond donors (Lipinski definition) is 2. The molecule has 4 heteroatoms. The topological polar surface area (TPSA) is 41.1 Å². The maximum absolute atomic E-state index is 11.9. The molecule has 1 amide bonds. The van der Waals surface area contributed by atoms with Gasteiger partial charge >= 0.3 is 0 Å². The first kappa shape index (κ1) is 11.1. The van der Waals surface area contributed by atoms with E-state index < -0.39 is 5.54 Å². The molecule has 1 atom stereocenters. The summed E-state index contributed by atoms with van der Waals surface area (Å²) in [5.74, 6) is -0.0949. The van der Waals surface area contributed by atoms with Crippen LogP contribution in [0, 0.1) is 13.8 Å². The van der Waals surface area contributed by atoms with Crippen LogP contribution in [-0.4, -0.2) is 11.0 Å². The van der Waals surface area contributed by atoms with Gasteiger partial charge in [0.05, 0.1) is 0 Å². The predicted molar refractivity (Wildman–Crippen MR) is 67.1 cm³/mol. The van der Waals surface area contributed by atoms with Gasteiger partial charge in [0.15, 0.2) is 5.11 Å². The number of amides is 1. The minimum Gasteiger partial charge on any atom is -0.345 e. The fourth-order valence-electron chi connectivity index (χ4n) is 2.01. The molecule has 0 radical (unpaired) electrons. The van der Waals surface area contributed by atoms with Crippen molar-refractivity contribution in [1.29, 1.82) is 0 Å². The van der Waals surface area contributed by atoms with Gasteiger partial charge in [-0.15, -0.1) is 0 Å². The van der Waals surface area contributed by atoms with E-state index in [4.69, 9.17) is 12.2 Å². The van der Waals surface area contributed by atoms with Crippen LogP contribution in [0.4, 0.5) is 0 Å². The van der Waals surface area contributed by atoms with E-state index in [9.17, 15) is 4.79 Å². The first-order valence-electron chi connectivity index (χ1n) is 5.14. The molecule has 84 valence electrons. The number of rotatable bonds is 1. The van der Waals surface area contributed by atoms with Crippen molar-refractivity contribution >= 4 is 23.2 Å². The van der Waals surface area contributed by atoms with Crippen LogP contribution in [0.1, 0.15) is 23.6 Å². The number of thiocarbonyl (C=S) groups is 1. The third kappa shape index (κ3) is 1.69. The smallest absolute Gasteiger partial charge is 0.256 e. The highest BCUT2D eigenvalue weighted by atomic mass is 32.1. The molecule has 1 aromatic rings. The number of aryl methyl sites for hydroxylation is 2. The summed E-state index contributed by atoms with van der Waals surface area (Å²) < 4.78 is 0. The average molecular weight is 234 g/mol. The third-order valence-corrected chi connectivity index (χ3v) is 3.05. The number of hydrogen-bond acceptors (Lipinski definition) is 2. The molecule has 1 aliphatic rings. The lowest BCUT2D eigenvalue weighted by Crippen LogP contribution is -2.40. The fourth-order valence-corrected chi connectivity index (χ4v) is 2.31. The van der Waals surface area contributed by atoms with Crippen LogP contribution in [0.25, 0.3) is 0 Å². The summed E-state index contributed by atoms with van der Waals surface area (Å²) in [6.45, 7) is 5.88. The van der Waals surface area contributed by atoms with Crippen molar-refractivity contribution < 1.29 is 4.79 Å². The Bertz CT molecular complexity index is 464. The Morgan fingerprint density at radius 2 is 1.75 bits per heavy atom. The van der Waals surface area contributed by atoms with Gasteiger partial charge < -0.3 is 10.6 Å². The predicted octanol–water partition coefficient (Wildman–Crippen LogP) is 1.52. The molecule has 1 unspecified atom stereocenters. The molecular weight excluding hydrogens is 220 g/mol. The second-order valence-corrected chi connectivity index (χ2v) is 4.82. The number of carbonyl (C=O) groups excluding carboxylic acids is 1. The van der Waals surface area contributed by atoms with E-state index in [2.05, 4.69) is 16.7 Å². The zero-order chi connectivity index (χ0) is 11.9. The fraction of sp³-hybridized carbons (Fsp3) is 0.333. The first-order chi connectivity index (χ1) is 7.41. The molecule has 1 fully saturated rings. The van der Waals surface area contributed by atoms with E-state index in [1.807, 2.05) is 32.9 Å². The van der Waals surface area contributed by atoms with Crippen LogP contribution in [0.3, 0.4) is 0 Å². The van der Waals surface area contributed by atoms with Crippen LogP contribution in [-0.2, 0) is 10.3 Å². The molecule has 1 saturated heterocycles. The number of benzene rings is 1. The van der Waals surface area contributed by atoms with Crippen molar-refractivity contribution in [3.63, 3.8) is 0 Å². The quantitative estimate of drug-likeness (QED) is 0.724. The summed E-state index contributed by atoms with van der Waals surface area (Å²) in [6, 6.07) is 6.10. The maximum atomic E-state index is 11.9. The molecular formula is C12H14N2OS. The second kappa shape index (κ2) is 3.56. The van der Waals surface area contributed by atoms with Gasteiger partial charge in [-0.05, 0) is 38.6 Å². The summed E-state index contributed by atoms with van der Waals surface area (Å²) in [5.41, 5.74) is 2.49. The molecule has 0 aromatic heterocycles. The minimum atomic E-state index is -0.742. The van der Waals surface area contributed by atoms with Crippen molar-refractivity contribution in [2.75, 3.05) is 0 Å². The third-order valence-electron chi connectivity index (χ3n) is 2.84. The van der Waals surface area contributed by atoms with E-state index in [-0.39, 0.29) is 5.91 Å². The van der Waals surface area contributed by atoms with Gasteiger partial charge in [-0.25, -0.2) is 0 Å². The van der Waals surface area contributed by atoms with Crippen LogP contribution in [0.5, 0.6) is 0 Å².